The first-order valence-corrected chi connectivity index (χ1v) is 6.38. The minimum atomic E-state index is -0.374. The SMILES string of the molecule is Cc1n[nH]c(C)c1C(C)CC(=O)NCCC(C)O. The van der Waals surface area contributed by atoms with Crippen molar-refractivity contribution in [1.29, 1.82) is 0 Å². The maximum Gasteiger partial charge on any atom is 0.220 e. The molecule has 5 heteroatoms. The maximum atomic E-state index is 11.7. The van der Waals surface area contributed by atoms with Crippen LogP contribution in [-0.2, 0) is 4.79 Å². The van der Waals surface area contributed by atoms with Crippen LogP contribution in [0.2, 0.25) is 0 Å². The van der Waals surface area contributed by atoms with Crippen LogP contribution in [0.25, 0.3) is 0 Å². The third-order valence-electron chi connectivity index (χ3n) is 3.05. The number of aromatic amines is 1. The van der Waals surface area contributed by atoms with E-state index in [2.05, 4.69) is 15.5 Å². The lowest BCUT2D eigenvalue weighted by Gasteiger charge is -2.12. The van der Waals surface area contributed by atoms with Crippen molar-refractivity contribution in [3.05, 3.63) is 17.0 Å². The quantitative estimate of drug-likeness (QED) is 0.717. The molecule has 5 nitrogen and oxygen atoms in total. The normalized spacial score (nSPS) is 14.3. The predicted octanol–water partition coefficient (Wildman–Crippen LogP) is 1.41. The van der Waals surface area contributed by atoms with Crippen molar-refractivity contribution in [1.82, 2.24) is 15.5 Å². The molecule has 0 saturated carbocycles. The van der Waals surface area contributed by atoms with Crippen molar-refractivity contribution >= 4 is 5.91 Å². The van der Waals surface area contributed by atoms with Crippen LogP contribution in [-0.4, -0.2) is 33.9 Å². The Morgan fingerprint density at radius 3 is 2.61 bits per heavy atom. The topological polar surface area (TPSA) is 78.0 Å². The maximum absolute atomic E-state index is 11.7. The van der Waals surface area contributed by atoms with Crippen LogP contribution in [0, 0.1) is 13.8 Å². The van der Waals surface area contributed by atoms with Gasteiger partial charge in [0.1, 0.15) is 0 Å². The second-order valence-electron chi connectivity index (χ2n) is 4.94. The summed E-state index contributed by atoms with van der Waals surface area (Å²) < 4.78 is 0. The molecule has 0 spiro atoms. The van der Waals surface area contributed by atoms with Crippen molar-refractivity contribution in [2.24, 2.45) is 0 Å². The fourth-order valence-electron chi connectivity index (χ4n) is 2.16. The Morgan fingerprint density at radius 1 is 1.44 bits per heavy atom. The highest BCUT2D eigenvalue weighted by Gasteiger charge is 2.17. The fraction of sp³-hybridized carbons (Fsp3) is 0.692. The van der Waals surface area contributed by atoms with E-state index in [0.717, 1.165) is 17.0 Å². The molecule has 1 rings (SSSR count). The van der Waals surface area contributed by atoms with E-state index in [4.69, 9.17) is 5.11 Å². The van der Waals surface area contributed by atoms with Crippen molar-refractivity contribution < 1.29 is 9.90 Å². The molecule has 3 N–H and O–H groups in total. The van der Waals surface area contributed by atoms with Crippen molar-refractivity contribution in [2.45, 2.75) is 52.6 Å². The van der Waals surface area contributed by atoms with E-state index in [1.807, 2.05) is 20.8 Å². The van der Waals surface area contributed by atoms with E-state index >= 15 is 0 Å². The number of aliphatic hydroxyl groups excluding tert-OH is 1. The lowest BCUT2D eigenvalue weighted by atomic mass is 9.95. The van der Waals surface area contributed by atoms with Gasteiger partial charge in [-0.05, 0) is 38.7 Å². The number of amides is 1. The number of rotatable bonds is 6. The summed E-state index contributed by atoms with van der Waals surface area (Å²) in [6.45, 7) is 8.18. The molecule has 0 aliphatic carbocycles. The molecule has 0 aromatic carbocycles. The Kier molecular flexibility index (Phi) is 5.34. The van der Waals surface area contributed by atoms with Crippen LogP contribution in [0.5, 0.6) is 0 Å². The summed E-state index contributed by atoms with van der Waals surface area (Å²) in [5.41, 5.74) is 3.11. The molecule has 0 fully saturated rings. The minimum Gasteiger partial charge on any atom is -0.393 e. The van der Waals surface area contributed by atoms with Gasteiger partial charge in [-0.3, -0.25) is 9.89 Å². The molecule has 0 aliphatic heterocycles. The third kappa shape index (κ3) is 4.14. The molecular formula is C13H23N3O2. The number of hydrogen-bond donors (Lipinski definition) is 3. The van der Waals surface area contributed by atoms with Gasteiger partial charge in [0.25, 0.3) is 0 Å². The number of hydrogen-bond acceptors (Lipinski definition) is 3. The average Bonchev–Trinajstić information content (AvgIpc) is 2.57. The van der Waals surface area contributed by atoms with Gasteiger partial charge in [0.15, 0.2) is 0 Å². The zero-order valence-electron chi connectivity index (χ0n) is 11.6. The molecule has 1 heterocycles. The Hall–Kier alpha value is -1.36. The number of carbonyl (C=O) groups is 1. The Labute approximate surface area is 108 Å². The van der Waals surface area contributed by atoms with Gasteiger partial charge in [0, 0.05) is 18.7 Å². The summed E-state index contributed by atoms with van der Waals surface area (Å²) in [7, 11) is 0. The van der Waals surface area contributed by atoms with Crippen LogP contribution in [0.15, 0.2) is 0 Å². The first kappa shape index (κ1) is 14.7. The highest BCUT2D eigenvalue weighted by Crippen LogP contribution is 2.23. The number of aliphatic hydroxyl groups is 1. The zero-order chi connectivity index (χ0) is 13.7. The molecule has 1 aromatic heterocycles. The molecule has 18 heavy (non-hydrogen) atoms. The summed E-state index contributed by atoms with van der Waals surface area (Å²) in [6, 6.07) is 0. The number of aryl methyl sites for hydroxylation is 2. The number of H-pyrrole nitrogens is 1. The first-order chi connectivity index (χ1) is 8.41. The molecule has 1 amide bonds. The second-order valence-corrected chi connectivity index (χ2v) is 4.94. The number of aromatic nitrogens is 2. The second kappa shape index (κ2) is 6.54. The lowest BCUT2D eigenvalue weighted by molar-refractivity contribution is -0.121. The summed E-state index contributed by atoms with van der Waals surface area (Å²) in [4.78, 5) is 11.7. The number of carbonyl (C=O) groups excluding carboxylic acids is 1. The van der Waals surface area contributed by atoms with Gasteiger partial charge in [-0.2, -0.15) is 5.10 Å². The summed E-state index contributed by atoms with van der Waals surface area (Å²) >= 11 is 0. The third-order valence-corrected chi connectivity index (χ3v) is 3.05. The largest absolute Gasteiger partial charge is 0.393 e. The number of nitrogens with one attached hydrogen (secondary N) is 2. The molecular weight excluding hydrogens is 230 g/mol. The smallest absolute Gasteiger partial charge is 0.220 e. The Bertz CT molecular complexity index is 379. The average molecular weight is 253 g/mol. The highest BCUT2D eigenvalue weighted by molar-refractivity contribution is 5.76. The monoisotopic (exact) mass is 253 g/mol. The Morgan fingerprint density at radius 2 is 2.11 bits per heavy atom. The molecule has 102 valence electrons. The fourth-order valence-corrected chi connectivity index (χ4v) is 2.16. The van der Waals surface area contributed by atoms with Gasteiger partial charge >= 0.3 is 0 Å². The van der Waals surface area contributed by atoms with Crippen molar-refractivity contribution in [3.8, 4) is 0 Å². The van der Waals surface area contributed by atoms with Crippen LogP contribution >= 0.6 is 0 Å². The van der Waals surface area contributed by atoms with Gasteiger partial charge < -0.3 is 10.4 Å². The molecule has 0 radical (unpaired) electrons. The van der Waals surface area contributed by atoms with Crippen LogP contribution < -0.4 is 5.32 Å². The van der Waals surface area contributed by atoms with Gasteiger partial charge in [0.2, 0.25) is 5.91 Å². The van der Waals surface area contributed by atoms with Crippen molar-refractivity contribution in [3.63, 3.8) is 0 Å². The van der Waals surface area contributed by atoms with Gasteiger partial charge in [-0.1, -0.05) is 6.92 Å². The molecule has 1 aromatic rings. The van der Waals surface area contributed by atoms with E-state index in [1.54, 1.807) is 6.92 Å². The predicted molar refractivity (Wildman–Crippen MR) is 70.4 cm³/mol. The standard InChI is InChI=1S/C13H23N3O2/c1-8(13-10(3)15-16-11(13)4)7-12(18)14-6-5-9(2)17/h8-9,17H,5-7H2,1-4H3,(H,14,18)(H,15,16). The highest BCUT2D eigenvalue weighted by atomic mass is 16.3. The molecule has 2 unspecified atom stereocenters. The number of nitrogens with zero attached hydrogens (tertiary/aromatic N) is 1. The molecule has 0 aliphatic rings. The molecule has 0 bridgehead atoms. The van der Waals surface area contributed by atoms with Gasteiger partial charge in [-0.25, -0.2) is 0 Å². The lowest BCUT2D eigenvalue weighted by Crippen LogP contribution is -2.27. The van der Waals surface area contributed by atoms with E-state index in [1.165, 1.54) is 0 Å². The van der Waals surface area contributed by atoms with E-state index in [-0.39, 0.29) is 17.9 Å². The first-order valence-electron chi connectivity index (χ1n) is 6.38. The van der Waals surface area contributed by atoms with Gasteiger partial charge in [-0.15, -0.1) is 0 Å². The van der Waals surface area contributed by atoms with E-state index < -0.39 is 0 Å². The van der Waals surface area contributed by atoms with Crippen molar-refractivity contribution in [2.75, 3.05) is 6.54 Å². The van der Waals surface area contributed by atoms with Gasteiger partial charge in [0.05, 0.1) is 11.8 Å². The summed E-state index contributed by atoms with van der Waals surface area (Å²) in [5, 5.41) is 19.0. The Balaban J connectivity index is 2.45. The van der Waals surface area contributed by atoms with Crippen LogP contribution in [0.4, 0.5) is 0 Å². The van der Waals surface area contributed by atoms with E-state index in [0.29, 0.717) is 19.4 Å². The van der Waals surface area contributed by atoms with Crippen LogP contribution in [0.3, 0.4) is 0 Å². The molecule has 2 atom stereocenters. The summed E-state index contributed by atoms with van der Waals surface area (Å²) in [6.07, 6.45) is 0.659. The van der Waals surface area contributed by atoms with E-state index in [9.17, 15) is 4.79 Å². The molecule has 0 saturated heterocycles. The summed E-state index contributed by atoms with van der Waals surface area (Å²) in [5.74, 6) is 0.165. The minimum absolute atomic E-state index is 0.0168. The zero-order valence-corrected chi connectivity index (χ0v) is 11.6. The van der Waals surface area contributed by atoms with Crippen LogP contribution in [0.1, 0.15) is 49.6 Å².